The quantitative estimate of drug-likeness (QED) is 0.125. The Morgan fingerprint density at radius 3 is 1.69 bits per heavy atom. The fraction of sp³-hybridized carbons (Fsp3) is 0.0455. The van der Waals surface area contributed by atoms with Crippen molar-refractivity contribution in [2.75, 3.05) is 0 Å². The summed E-state index contributed by atoms with van der Waals surface area (Å²) in [6.45, 7) is 0. The number of hydrogen-bond acceptors (Lipinski definition) is 0. The fourth-order valence-corrected chi connectivity index (χ4v) is 3.86. The van der Waals surface area contributed by atoms with Gasteiger partial charge in [0.2, 0.25) is 0 Å². The first-order valence-corrected chi connectivity index (χ1v) is 7.75. The molecule has 0 saturated carbocycles. The Morgan fingerprint density at radius 2 is 1.12 bits per heavy atom. The number of rotatable bonds is 1. The molecule has 4 heteroatoms. The summed E-state index contributed by atoms with van der Waals surface area (Å²) in [7, 11) is 0. The Balaban J connectivity index is 0.000000845. The number of hydrogen-bond donors (Lipinski definition) is 0. The molecular weight excluding hydrogens is 736 g/mol. The monoisotopic (exact) mass is 750 g/mol. The zero-order valence-electron chi connectivity index (χ0n) is 13.8. The third kappa shape index (κ3) is 4.03. The van der Waals surface area contributed by atoms with E-state index in [9.17, 15) is 0 Å². The van der Waals surface area contributed by atoms with Crippen LogP contribution in [0.5, 0.6) is 0 Å². The van der Waals surface area contributed by atoms with Crippen LogP contribution in [0.3, 0.4) is 0 Å². The van der Waals surface area contributed by atoms with E-state index in [1.165, 1.54) is 38.6 Å². The molecule has 128 valence electrons. The summed E-state index contributed by atoms with van der Waals surface area (Å²) in [6.07, 6.45) is 0. The van der Waals surface area contributed by atoms with Gasteiger partial charge in [-0.25, -0.2) is 0 Å². The molecule has 1 aliphatic rings. The Bertz CT molecular complexity index is 928. The molecule has 0 heterocycles. The molecule has 0 aromatic heterocycles. The third-order valence-electron chi connectivity index (χ3n) is 4.81. The van der Waals surface area contributed by atoms with Gasteiger partial charge < -0.3 is 71.9 Å². The molecule has 0 amide bonds. The molecule has 5 rings (SSSR count). The SMILES string of the molecule is [I-].[I-].[I-].[Zr+4].c1ccc2c(c1)-c1ccccc1C2c1cc2ccccc2[cH-]1. The maximum Gasteiger partial charge on any atom is 4.00 e. The first-order chi connectivity index (χ1) is 10.9. The molecule has 0 bridgehead atoms. The Morgan fingerprint density at radius 1 is 0.615 bits per heavy atom. The van der Waals surface area contributed by atoms with Gasteiger partial charge in [0.25, 0.3) is 0 Å². The molecule has 4 aromatic carbocycles. The number of benzene rings is 3. The second-order valence-electron chi connectivity index (χ2n) is 6.03. The summed E-state index contributed by atoms with van der Waals surface area (Å²) in [5.41, 5.74) is 7.03. The van der Waals surface area contributed by atoms with E-state index in [4.69, 9.17) is 0 Å². The van der Waals surface area contributed by atoms with Gasteiger partial charge >= 0.3 is 26.2 Å². The van der Waals surface area contributed by atoms with E-state index in [0.717, 1.165) is 0 Å². The summed E-state index contributed by atoms with van der Waals surface area (Å²) >= 11 is 0. The molecule has 1 aliphatic carbocycles. The maximum absolute atomic E-state index is 2.35. The molecule has 26 heavy (non-hydrogen) atoms. The molecular formula is C22H15I3Zr. The predicted molar refractivity (Wildman–Crippen MR) is 92.4 cm³/mol. The molecule has 0 spiro atoms. The van der Waals surface area contributed by atoms with Gasteiger partial charge in [0.05, 0.1) is 0 Å². The van der Waals surface area contributed by atoms with Crippen molar-refractivity contribution in [2.24, 2.45) is 0 Å². The third-order valence-corrected chi connectivity index (χ3v) is 4.81. The van der Waals surface area contributed by atoms with Crippen LogP contribution in [0.4, 0.5) is 0 Å². The van der Waals surface area contributed by atoms with Crippen molar-refractivity contribution < 1.29 is 98.1 Å². The topological polar surface area (TPSA) is 0 Å². The van der Waals surface area contributed by atoms with Crippen LogP contribution in [0.25, 0.3) is 21.9 Å². The van der Waals surface area contributed by atoms with Gasteiger partial charge in [-0.2, -0.15) is 6.07 Å². The van der Waals surface area contributed by atoms with Gasteiger partial charge in [-0.05, 0) is 22.3 Å². The van der Waals surface area contributed by atoms with Gasteiger partial charge in [-0.3, -0.25) is 0 Å². The molecule has 0 saturated heterocycles. The smallest absolute Gasteiger partial charge is 1.00 e. The Kier molecular flexibility index (Phi) is 9.58. The van der Waals surface area contributed by atoms with Crippen LogP contribution >= 0.6 is 0 Å². The van der Waals surface area contributed by atoms with Crippen molar-refractivity contribution in [1.82, 2.24) is 0 Å². The summed E-state index contributed by atoms with van der Waals surface area (Å²) in [4.78, 5) is 0. The largest absolute Gasteiger partial charge is 4.00 e. The van der Waals surface area contributed by atoms with Crippen LogP contribution in [0, 0.1) is 0 Å². The van der Waals surface area contributed by atoms with Crippen LogP contribution in [0.1, 0.15) is 22.6 Å². The average molecular weight is 751 g/mol. The maximum atomic E-state index is 2.35. The minimum Gasteiger partial charge on any atom is -1.00 e. The Hall–Kier alpha value is 0.343. The summed E-state index contributed by atoms with van der Waals surface area (Å²) in [6, 6.07) is 30.9. The second kappa shape index (κ2) is 10.2. The number of halogens is 3. The summed E-state index contributed by atoms with van der Waals surface area (Å²) < 4.78 is 0. The van der Waals surface area contributed by atoms with E-state index < -0.39 is 0 Å². The van der Waals surface area contributed by atoms with Gasteiger partial charge in [0.1, 0.15) is 0 Å². The van der Waals surface area contributed by atoms with Crippen molar-refractivity contribution in [2.45, 2.75) is 5.92 Å². The van der Waals surface area contributed by atoms with Crippen molar-refractivity contribution >= 4 is 10.8 Å². The van der Waals surface area contributed by atoms with Crippen molar-refractivity contribution in [1.29, 1.82) is 0 Å². The van der Waals surface area contributed by atoms with Crippen molar-refractivity contribution in [3.63, 3.8) is 0 Å². The first-order valence-electron chi connectivity index (χ1n) is 7.75. The van der Waals surface area contributed by atoms with Crippen molar-refractivity contribution in [3.05, 3.63) is 102 Å². The van der Waals surface area contributed by atoms with E-state index in [1.54, 1.807) is 0 Å². The van der Waals surface area contributed by atoms with Crippen LogP contribution in [0.2, 0.25) is 0 Å². The molecule has 0 fully saturated rings. The van der Waals surface area contributed by atoms with E-state index >= 15 is 0 Å². The van der Waals surface area contributed by atoms with E-state index in [0.29, 0.717) is 5.92 Å². The van der Waals surface area contributed by atoms with Crippen LogP contribution in [-0.4, -0.2) is 0 Å². The first kappa shape index (κ1) is 24.4. The molecule has 0 aliphatic heterocycles. The number of fused-ring (bicyclic) bond motifs is 4. The van der Waals surface area contributed by atoms with E-state index in [1.807, 2.05) is 0 Å². The minimum absolute atomic E-state index is 0. The van der Waals surface area contributed by atoms with E-state index in [-0.39, 0.29) is 98.1 Å². The van der Waals surface area contributed by atoms with Crippen molar-refractivity contribution in [3.8, 4) is 11.1 Å². The molecule has 4 aromatic rings. The minimum atomic E-state index is 0. The van der Waals surface area contributed by atoms with Crippen LogP contribution in [0.15, 0.2) is 84.9 Å². The zero-order valence-corrected chi connectivity index (χ0v) is 22.7. The summed E-state index contributed by atoms with van der Waals surface area (Å²) in [5.74, 6) is 0.361. The summed E-state index contributed by atoms with van der Waals surface area (Å²) in [5, 5.41) is 2.67. The molecule has 0 unspecified atom stereocenters. The fourth-order valence-electron chi connectivity index (χ4n) is 3.86. The zero-order chi connectivity index (χ0) is 14.5. The normalized spacial score (nSPS) is 11.2. The standard InChI is InChI=1S/C22H15.3HI.Zr/c1-2-8-16-14-17(13-15(16)7-1)22-20-11-5-3-9-18(20)19-10-4-6-12-21(19)22;;;;/h1-14,22H;3*1H;/q-1;;;;+4/p-3. The van der Waals surface area contributed by atoms with Gasteiger partial charge in [-0.1, -0.05) is 54.6 Å². The molecule has 0 radical (unpaired) electrons. The Labute approximate surface area is 224 Å². The molecule has 0 atom stereocenters. The van der Waals surface area contributed by atoms with Gasteiger partial charge in [0.15, 0.2) is 0 Å². The van der Waals surface area contributed by atoms with Gasteiger partial charge in [0, 0.05) is 5.92 Å². The van der Waals surface area contributed by atoms with Crippen LogP contribution in [-0.2, 0) is 26.2 Å². The predicted octanol–water partition coefficient (Wildman–Crippen LogP) is -3.27. The van der Waals surface area contributed by atoms with Crippen LogP contribution < -0.4 is 71.9 Å². The average Bonchev–Trinajstić information content (AvgIpc) is 3.13. The molecule has 0 nitrogen and oxygen atoms in total. The molecule has 0 N–H and O–H groups in total. The van der Waals surface area contributed by atoms with Gasteiger partial charge in [-0.15, -0.1) is 40.6 Å². The van der Waals surface area contributed by atoms with E-state index in [2.05, 4.69) is 84.9 Å². The second-order valence-corrected chi connectivity index (χ2v) is 6.03.